The molecule has 184 valence electrons. The van der Waals surface area contributed by atoms with Crippen LogP contribution in [0.25, 0.3) is 10.9 Å². The van der Waals surface area contributed by atoms with Crippen molar-refractivity contribution in [1.82, 2.24) is 13.9 Å². The minimum Gasteiger partial charge on any atom is -0.354 e. The van der Waals surface area contributed by atoms with Gasteiger partial charge in [0.1, 0.15) is 11.6 Å². The quantitative estimate of drug-likeness (QED) is 0.277. The highest BCUT2D eigenvalue weighted by atomic mass is 32.2. The first-order chi connectivity index (χ1) is 17.1. The van der Waals surface area contributed by atoms with Crippen LogP contribution in [-0.4, -0.2) is 45.8 Å². The zero-order chi connectivity index (χ0) is 24.6. The van der Waals surface area contributed by atoms with Crippen molar-refractivity contribution in [2.75, 3.05) is 42.1 Å². The summed E-state index contributed by atoms with van der Waals surface area (Å²) >= 11 is 1.89. The Morgan fingerprint density at radius 2 is 2.03 bits per heavy atom. The number of aromatic nitrogens is 2. The van der Waals surface area contributed by atoms with Gasteiger partial charge in [-0.15, -0.1) is 0 Å². The normalized spacial score (nSPS) is 17.9. The van der Waals surface area contributed by atoms with E-state index in [1.54, 1.807) is 18.3 Å². The third-order valence-corrected chi connectivity index (χ3v) is 7.18. The molecule has 1 fully saturated rings. The lowest BCUT2D eigenvalue weighted by molar-refractivity contribution is 0.428. The van der Waals surface area contributed by atoms with Crippen molar-refractivity contribution in [2.45, 2.75) is 32.7 Å². The van der Waals surface area contributed by atoms with E-state index in [0.29, 0.717) is 5.39 Å². The summed E-state index contributed by atoms with van der Waals surface area (Å²) in [6.07, 6.45) is 20.2. The second-order valence-corrected chi connectivity index (χ2v) is 9.91. The number of hydrogen-bond acceptors (Lipinski definition) is 6. The van der Waals surface area contributed by atoms with E-state index in [9.17, 15) is 4.79 Å². The van der Waals surface area contributed by atoms with Crippen LogP contribution >= 0.6 is 11.9 Å². The first kappa shape index (κ1) is 25.1. The SMILES string of the molecule is C=CC=CC(/C=C\C)n1c(NC2=CCCC=C2)cc(=O)c2cnc(N3CCN(SCC)CC3)cc21. The van der Waals surface area contributed by atoms with Crippen LogP contribution in [0.15, 0.2) is 84.0 Å². The van der Waals surface area contributed by atoms with Crippen molar-refractivity contribution in [3.63, 3.8) is 0 Å². The molecule has 0 spiro atoms. The molecule has 0 bridgehead atoms. The summed E-state index contributed by atoms with van der Waals surface area (Å²) in [5.74, 6) is 2.76. The van der Waals surface area contributed by atoms with Gasteiger partial charge in [0, 0.05) is 56.0 Å². The Morgan fingerprint density at radius 3 is 2.71 bits per heavy atom. The van der Waals surface area contributed by atoms with Crippen molar-refractivity contribution in [3.05, 3.63) is 89.4 Å². The minimum absolute atomic E-state index is 0.0331. The summed E-state index contributed by atoms with van der Waals surface area (Å²) in [7, 11) is 0. The molecule has 0 radical (unpaired) electrons. The number of anilines is 2. The molecule has 1 saturated heterocycles. The minimum atomic E-state index is -0.0928. The van der Waals surface area contributed by atoms with Crippen molar-refractivity contribution in [2.24, 2.45) is 0 Å². The molecule has 2 aromatic rings. The fourth-order valence-electron chi connectivity index (χ4n) is 4.52. The van der Waals surface area contributed by atoms with E-state index in [0.717, 1.165) is 67.6 Å². The van der Waals surface area contributed by atoms with E-state index in [1.165, 1.54) is 0 Å². The lowest BCUT2D eigenvalue weighted by Crippen LogP contribution is -2.43. The number of piperazine rings is 1. The van der Waals surface area contributed by atoms with E-state index >= 15 is 0 Å². The van der Waals surface area contributed by atoms with Crippen molar-refractivity contribution in [1.29, 1.82) is 0 Å². The number of nitrogens with one attached hydrogen (secondary N) is 1. The Hall–Kier alpha value is -3.03. The van der Waals surface area contributed by atoms with Crippen LogP contribution in [0.5, 0.6) is 0 Å². The lowest BCUT2D eigenvalue weighted by Gasteiger charge is -2.34. The summed E-state index contributed by atoms with van der Waals surface area (Å²) in [6.45, 7) is 11.9. The molecule has 2 aliphatic rings. The van der Waals surface area contributed by atoms with Crippen LogP contribution in [-0.2, 0) is 0 Å². The van der Waals surface area contributed by atoms with Crippen LogP contribution in [0.2, 0.25) is 0 Å². The maximum Gasteiger partial charge on any atom is 0.193 e. The zero-order valence-corrected chi connectivity index (χ0v) is 21.5. The maximum atomic E-state index is 13.2. The number of rotatable bonds is 9. The Bertz CT molecular complexity index is 1220. The molecule has 1 aliphatic carbocycles. The van der Waals surface area contributed by atoms with Gasteiger partial charge in [-0.25, -0.2) is 9.29 Å². The summed E-state index contributed by atoms with van der Waals surface area (Å²) in [6, 6.07) is 3.67. The average molecular weight is 490 g/mol. The summed E-state index contributed by atoms with van der Waals surface area (Å²) in [4.78, 5) is 20.2. The highest BCUT2D eigenvalue weighted by Gasteiger charge is 2.21. The van der Waals surface area contributed by atoms with Gasteiger partial charge in [0.05, 0.1) is 16.9 Å². The zero-order valence-electron chi connectivity index (χ0n) is 20.7. The Kier molecular flexibility index (Phi) is 8.66. The van der Waals surface area contributed by atoms with Crippen molar-refractivity contribution < 1.29 is 0 Å². The van der Waals surface area contributed by atoms with E-state index in [2.05, 4.69) is 69.0 Å². The fraction of sp³-hybridized carbons (Fsp3) is 0.357. The van der Waals surface area contributed by atoms with Gasteiger partial charge in [-0.2, -0.15) is 0 Å². The third-order valence-electron chi connectivity index (χ3n) is 6.19. The highest BCUT2D eigenvalue weighted by Crippen LogP contribution is 2.29. The summed E-state index contributed by atoms with van der Waals surface area (Å²) < 4.78 is 4.61. The van der Waals surface area contributed by atoms with Crippen molar-refractivity contribution >= 4 is 34.5 Å². The maximum absolute atomic E-state index is 13.2. The van der Waals surface area contributed by atoms with E-state index in [1.807, 2.05) is 31.0 Å². The van der Waals surface area contributed by atoms with Crippen LogP contribution < -0.4 is 15.6 Å². The van der Waals surface area contributed by atoms with Gasteiger partial charge < -0.3 is 14.8 Å². The number of nitrogens with zero attached hydrogens (tertiary/aromatic N) is 4. The highest BCUT2D eigenvalue weighted by molar-refractivity contribution is 7.96. The molecule has 1 N–H and O–H groups in total. The molecule has 6 nitrogen and oxygen atoms in total. The predicted molar refractivity (Wildman–Crippen MR) is 151 cm³/mol. The average Bonchev–Trinajstić information content (AvgIpc) is 2.88. The largest absolute Gasteiger partial charge is 0.354 e. The van der Waals surface area contributed by atoms with Crippen LogP contribution in [0.3, 0.4) is 0 Å². The number of hydrogen-bond donors (Lipinski definition) is 1. The van der Waals surface area contributed by atoms with Gasteiger partial charge in [-0.05, 0) is 25.8 Å². The molecule has 0 saturated carbocycles. The van der Waals surface area contributed by atoms with Gasteiger partial charge in [0.25, 0.3) is 0 Å². The lowest BCUT2D eigenvalue weighted by atomic mass is 10.1. The monoisotopic (exact) mass is 489 g/mol. The van der Waals surface area contributed by atoms with E-state index < -0.39 is 0 Å². The molecule has 0 aromatic carbocycles. The molecule has 1 atom stereocenters. The third kappa shape index (κ3) is 5.97. The summed E-state index contributed by atoms with van der Waals surface area (Å²) in [5.41, 5.74) is 1.84. The van der Waals surface area contributed by atoms with Gasteiger partial charge in [0.15, 0.2) is 5.43 Å². The molecular weight excluding hydrogens is 454 g/mol. The number of allylic oxidation sites excluding steroid dienone is 8. The molecule has 4 rings (SSSR count). The molecule has 3 heterocycles. The Balaban J connectivity index is 1.82. The van der Waals surface area contributed by atoms with Crippen LogP contribution in [0.1, 0.15) is 32.7 Å². The van der Waals surface area contributed by atoms with Gasteiger partial charge >= 0.3 is 0 Å². The van der Waals surface area contributed by atoms with E-state index in [-0.39, 0.29) is 11.5 Å². The summed E-state index contributed by atoms with van der Waals surface area (Å²) in [5, 5.41) is 4.14. The molecule has 2 aromatic heterocycles. The Morgan fingerprint density at radius 1 is 1.20 bits per heavy atom. The van der Waals surface area contributed by atoms with Gasteiger partial charge in [0.2, 0.25) is 0 Å². The van der Waals surface area contributed by atoms with Gasteiger partial charge in [-0.3, -0.25) is 4.79 Å². The molecule has 0 amide bonds. The molecule has 1 unspecified atom stereocenters. The molecule has 35 heavy (non-hydrogen) atoms. The molecule has 7 heteroatoms. The number of pyridine rings is 2. The second kappa shape index (κ2) is 12.1. The predicted octanol–water partition coefficient (Wildman–Crippen LogP) is 5.69. The number of fused-ring (bicyclic) bond motifs is 1. The first-order valence-corrected chi connectivity index (χ1v) is 13.3. The van der Waals surface area contributed by atoms with Crippen LogP contribution in [0.4, 0.5) is 11.6 Å². The van der Waals surface area contributed by atoms with E-state index in [4.69, 9.17) is 4.98 Å². The smallest absolute Gasteiger partial charge is 0.193 e. The second-order valence-electron chi connectivity index (χ2n) is 8.56. The van der Waals surface area contributed by atoms with Crippen LogP contribution in [0, 0.1) is 0 Å². The topological polar surface area (TPSA) is 53.4 Å². The van der Waals surface area contributed by atoms with Crippen molar-refractivity contribution in [3.8, 4) is 0 Å². The van der Waals surface area contributed by atoms with Gasteiger partial charge in [-0.1, -0.05) is 68.0 Å². The fourth-order valence-corrected chi connectivity index (χ4v) is 5.31. The molecular formula is C28H35N5OS. The standard InChI is InChI=1S/C28H35N5OS/c1-4-7-14-23(11-5-2)33-25-19-27(31-15-17-32(18-16-31)35-6-3)29-21-24(25)26(34)20-28(33)30-22-12-9-8-10-13-22/h4-5,7,9,11-14,19-21,23,30H,1,6,8,10,15-18H2,2-3H3/b11-5-,14-7?. The molecule has 1 aliphatic heterocycles. The Labute approximate surface area is 212 Å². The first-order valence-electron chi connectivity index (χ1n) is 12.4.